The van der Waals surface area contributed by atoms with Crippen molar-refractivity contribution in [1.82, 2.24) is 0 Å². The molecule has 1 heterocycles. The zero-order chi connectivity index (χ0) is 28.9. The molecule has 1 unspecified atom stereocenters. The molecule has 206 valence electrons. The maximum atomic E-state index is 12.5. The Morgan fingerprint density at radius 2 is 1.71 bits per heavy atom. The highest BCUT2D eigenvalue weighted by Crippen LogP contribution is 2.45. The number of hydrogen-bond donors (Lipinski definition) is 1. The molecule has 8 heteroatoms. The largest absolute Gasteiger partial charge is 0.493 e. The third-order valence-corrected chi connectivity index (χ3v) is 6.97. The number of nitrogens with zero attached hydrogens (tertiary/aromatic N) is 1. The molecule has 0 saturated carbocycles. The third kappa shape index (κ3) is 6.29. The van der Waals surface area contributed by atoms with Crippen molar-refractivity contribution in [2.75, 3.05) is 7.11 Å². The van der Waals surface area contributed by atoms with Gasteiger partial charge in [-0.1, -0.05) is 65.7 Å². The smallest absolute Gasteiger partial charge is 0.315 e. The van der Waals surface area contributed by atoms with E-state index in [1.54, 1.807) is 49.6 Å². The van der Waals surface area contributed by atoms with Gasteiger partial charge in [0, 0.05) is 16.7 Å². The highest BCUT2D eigenvalue weighted by Gasteiger charge is 2.32. The zero-order valence-electron chi connectivity index (χ0n) is 22.5. The van der Waals surface area contributed by atoms with Crippen LogP contribution in [-0.4, -0.2) is 13.1 Å². The van der Waals surface area contributed by atoms with Gasteiger partial charge in [0.05, 0.1) is 19.4 Å². The van der Waals surface area contributed by atoms with E-state index in [4.69, 9.17) is 36.3 Å². The summed E-state index contributed by atoms with van der Waals surface area (Å²) in [4.78, 5) is 12.5. The molecule has 0 radical (unpaired) electrons. The Kier molecular flexibility index (Phi) is 8.14. The Balaban J connectivity index is 1.39. The molecule has 2 N–H and O–H groups in total. The van der Waals surface area contributed by atoms with Crippen LogP contribution in [0.5, 0.6) is 23.0 Å². The fraction of sp³-hybridized carbons (Fsp3) is 0.152. The number of methoxy groups -OCH3 is 1. The van der Waals surface area contributed by atoms with Gasteiger partial charge in [0.2, 0.25) is 5.88 Å². The van der Waals surface area contributed by atoms with E-state index in [-0.39, 0.29) is 17.9 Å². The van der Waals surface area contributed by atoms with E-state index < -0.39 is 11.9 Å². The van der Waals surface area contributed by atoms with Gasteiger partial charge in [0.1, 0.15) is 29.7 Å². The summed E-state index contributed by atoms with van der Waals surface area (Å²) in [5.74, 6) is 0.797. The Morgan fingerprint density at radius 3 is 2.41 bits per heavy atom. The quantitative estimate of drug-likeness (QED) is 0.189. The van der Waals surface area contributed by atoms with Crippen LogP contribution < -0.4 is 24.7 Å². The Morgan fingerprint density at radius 1 is 0.976 bits per heavy atom. The Labute approximate surface area is 243 Å². The molecule has 1 aliphatic rings. The fourth-order valence-corrected chi connectivity index (χ4v) is 4.73. The first kappa shape index (κ1) is 27.6. The van der Waals surface area contributed by atoms with Gasteiger partial charge in [-0.2, -0.15) is 5.26 Å². The number of nitrogens with two attached hydrogens (primary N) is 1. The number of hydrogen-bond acceptors (Lipinski definition) is 7. The molecular formula is C33H27ClN2O5. The maximum Gasteiger partial charge on any atom is 0.315 e. The molecule has 1 atom stereocenters. The topological polar surface area (TPSA) is 104 Å². The van der Waals surface area contributed by atoms with Crippen molar-refractivity contribution in [1.29, 1.82) is 5.26 Å². The summed E-state index contributed by atoms with van der Waals surface area (Å²) < 4.78 is 23.0. The van der Waals surface area contributed by atoms with E-state index in [0.717, 1.165) is 16.7 Å². The number of halogens is 1. The monoisotopic (exact) mass is 566 g/mol. The molecule has 0 fully saturated rings. The highest BCUT2D eigenvalue weighted by atomic mass is 35.5. The van der Waals surface area contributed by atoms with Gasteiger partial charge in [0.25, 0.3) is 0 Å². The second-order valence-electron chi connectivity index (χ2n) is 9.59. The molecule has 7 nitrogen and oxygen atoms in total. The summed E-state index contributed by atoms with van der Waals surface area (Å²) >= 11 is 5.92. The normalized spacial score (nSPS) is 14.0. The third-order valence-electron chi connectivity index (χ3n) is 6.72. The van der Waals surface area contributed by atoms with Crippen LogP contribution in [0.1, 0.15) is 33.7 Å². The van der Waals surface area contributed by atoms with Gasteiger partial charge in [-0.3, -0.25) is 4.79 Å². The van der Waals surface area contributed by atoms with Crippen LogP contribution in [0.3, 0.4) is 0 Å². The first-order valence-corrected chi connectivity index (χ1v) is 13.3. The number of aryl methyl sites for hydroxylation is 1. The predicted octanol–water partition coefficient (Wildman–Crippen LogP) is 6.60. The maximum absolute atomic E-state index is 12.5. The number of fused-ring (bicyclic) bond motifs is 1. The van der Waals surface area contributed by atoms with E-state index in [9.17, 15) is 10.1 Å². The van der Waals surface area contributed by atoms with Gasteiger partial charge < -0.3 is 24.7 Å². The van der Waals surface area contributed by atoms with Crippen LogP contribution in [0.2, 0.25) is 5.02 Å². The zero-order valence-corrected chi connectivity index (χ0v) is 23.3. The predicted molar refractivity (Wildman–Crippen MR) is 155 cm³/mol. The van der Waals surface area contributed by atoms with Gasteiger partial charge in [-0.15, -0.1) is 0 Å². The molecule has 0 saturated heterocycles. The van der Waals surface area contributed by atoms with Crippen molar-refractivity contribution >= 4 is 17.6 Å². The second kappa shape index (κ2) is 12.1. The average Bonchev–Trinajstić information content (AvgIpc) is 2.97. The van der Waals surface area contributed by atoms with Crippen molar-refractivity contribution in [3.63, 3.8) is 0 Å². The minimum Gasteiger partial charge on any atom is -0.493 e. The summed E-state index contributed by atoms with van der Waals surface area (Å²) in [6, 6.07) is 27.8. The highest BCUT2D eigenvalue weighted by molar-refractivity contribution is 6.30. The van der Waals surface area contributed by atoms with Crippen LogP contribution in [0, 0.1) is 18.3 Å². The molecule has 5 rings (SSSR count). The molecule has 41 heavy (non-hydrogen) atoms. The van der Waals surface area contributed by atoms with E-state index in [2.05, 4.69) is 6.07 Å². The lowest BCUT2D eigenvalue weighted by atomic mass is 9.83. The molecule has 0 amide bonds. The van der Waals surface area contributed by atoms with Crippen molar-refractivity contribution in [3.05, 3.63) is 129 Å². The molecule has 4 aromatic rings. The number of nitriles is 1. The molecule has 0 bridgehead atoms. The van der Waals surface area contributed by atoms with Gasteiger partial charge in [0.15, 0.2) is 11.5 Å². The lowest BCUT2D eigenvalue weighted by molar-refractivity contribution is -0.133. The molecule has 0 aromatic heterocycles. The second-order valence-corrected chi connectivity index (χ2v) is 10.0. The van der Waals surface area contributed by atoms with Crippen molar-refractivity contribution in [3.8, 4) is 29.1 Å². The van der Waals surface area contributed by atoms with Crippen molar-refractivity contribution < 1.29 is 23.7 Å². The molecule has 4 aromatic carbocycles. The number of esters is 1. The minimum absolute atomic E-state index is 0.0201. The number of carbonyl (C=O) groups is 1. The minimum atomic E-state index is -0.525. The molecule has 0 spiro atoms. The average molecular weight is 567 g/mol. The van der Waals surface area contributed by atoms with E-state index in [1.807, 2.05) is 49.4 Å². The fourth-order valence-electron chi connectivity index (χ4n) is 4.61. The van der Waals surface area contributed by atoms with Gasteiger partial charge in [-0.05, 0) is 53.9 Å². The van der Waals surface area contributed by atoms with Crippen molar-refractivity contribution in [2.24, 2.45) is 5.73 Å². The van der Waals surface area contributed by atoms with Crippen LogP contribution in [0.15, 0.2) is 96.4 Å². The molecular weight excluding hydrogens is 540 g/mol. The number of carbonyl (C=O) groups excluding carboxylic acids is 1. The van der Waals surface area contributed by atoms with Crippen LogP contribution in [0.25, 0.3) is 0 Å². The SMILES string of the molecule is COc1cc(C2C(C#N)=C(N)Oc3cc(OC(=O)Cc4ccc(Cl)cc4)ccc32)ccc1OCc1ccc(C)cc1. The summed E-state index contributed by atoms with van der Waals surface area (Å²) in [6.45, 7) is 2.42. The van der Waals surface area contributed by atoms with Crippen LogP contribution in [0.4, 0.5) is 0 Å². The lowest BCUT2D eigenvalue weighted by Gasteiger charge is -2.27. The van der Waals surface area contributed by atoms with Crippen LogP contribution in [-0.2, 0) is 17.8 Å². The van der Waals surface area contributed by atoms with Crippen molar-refractivity contribution in [2.45, 2.75) is 25.9 Å². The standard InChI is InChI=1S/C33H27ClN2O5/c1-20-3-5-22(6-4-20)19-39-28-14-9-23(16-30(28)38-2)32-26-13-12-25(17-29(26)41-33(36)27(32)18-35)40-31(37)15-21-7-10-24(34)11-8-21/h3-14,16-17,32H,15,19,36H2,1-2H3. The van der Waals surface area contributed by atoms with Gasteiger partial charge >= 0.3 is 5.97 Å². The van der Waals surface area contributed by atoms with E-state index >= 15 is 0 Å². The van der Waals surface area contributed by atoms with Gasteiger partial charge in [-0.25, -0.2) is 0 Å². The Bertz CT molecular complexity index is 1660. The summed E-state index contributed by atoms with van der Waals surface area (Å²) in [5, 5.41) is 10.5. The number of ether oxygens (including phenoxy) is 4. The number of allylic oxidation sites excluding steroid dienone is 1. The van der Waals surface area contributed by atoms with Crippen LogP contribution >= 0.6 is 11.6 Å². The molecule has 0 aliphatic carbocycles. The summed E-state index contributed by atoms with van der Waals surface area (Å²) in [7, 11) is 1.57. The lowest BCUT2D eigenvalue weighted by Crippen LogP contribution is -2.21. The Hall–Kier alpha value is -4.93. The first-order valence-electron chi connectivity index (χ1n) is 12.9. The van der Waals surface area contributed by atoms with E-state index in [1.165, 1.54) is 5.56 Å². The molecule has 1 aliphatic heterocycles. The number of rotatable bonds is 8. The summed E-state index contributed by atoms with van der Waals surface area (Å²) in [5.41, 5.74) is 10.9. The number of benzene rings is 4. The van der Waals surface area contributed by atoms with E-state index in [0.29, 0.717) is 40.2 Å². The first-order chi connectivity index (χ1) is 19.8. The summed E-state index contributed by atoms with van der Waals surface area (Å²) in [6.07, 6.45) is 0.0798.